The Morgan fingerprint density at radius 3 is 2.62 bits per heavy atom. The Morgan fingerprint density at radius 1 is 1.10 bits per heavy atom. The number of piperidine rings is 1. The second-order valence-corrected chi connectivity index (χ2v) is 5.90. The average Bonchev–Trinajstić information content (AvgIpc) is 2.97. The highest BCUT2D eigenvalue weighted by molar-refractivity contribution is 5.92. The molecule has 0 N–H and O–H groups in total. The molecule has 3 heterocycles. The second kappa shape index (κ2) is 4.97. The first kappa shape index (κ1) is 13.0. The van der Waals surface area contributed by atoms with Gasteiger partial charge in [0, 0.05) is 37.5 Å². The summed E-state index contributed by atoms with van der Waals surface area (Å²) in [5, 5.41) is 1.24. The fourth-order valence-corrected chi connectivity index (χ4v) is 3.43. The maximum Gasteiger partial charge on any atom is 0.171 e. The molecule has 2 aliphatic rings. The van der Waals surface area contributed by atoms with Gasteiger partial charge in [0.25, 0.3) is 0 Å². The van der Waals surface area contributed by atoms with E-state index in [1.54, 1.807) is 0 Å². The van der Waals surface area contributed by atoms with E-state index in [2.05, 4.69) is 41.1 Å². The van der Waals surface area contributed by atoms with Crippen molar-refractivity contribution in [3.05, 3.63) is 36.0 Å². The number of anilines is 1. The molecule has 2 aliphatic heterocycles. The Bertz CT molecular complexity index is 655. The van der Waals surface area contributed by atoms with E-state index in [4.69, 9.17) is 9.47 Å². The van der Waals surface area contributed by atoms with Crippen LogP contribution >= 0.6 is 0 Å². The zero-order valence-corrected chi connectivity index (χ0v) is 12.3. The monoisotopic (exact) mass is 284 g/mol. The van der Waals surface area contributed by atoms with E-state index in [-0.39, 0.29) is 5.79 Å². The Morgan fingerprint density at radius 2 is 1.86 bits per heavy atom. The summed E-state index contributed by atoms with van der Waals surface area (Å²) in [4.78, 5) is 7.01. The van der Waals surface area contributed by atoms with Crippen molar-refractivity contribution in [2.75, 3.05) is 31.2 Å². The summed E-state index contributed by atoms with van der Waals surface area (Å²) in [6.45, 7) is 5.51. The second-order valence-electron chi connectivity index (χ2n) is 5.90. The Balaban J connectivity index is 1.64. The Labute approximate surface area is 124 Å². The van der Waals surface area contributed by atoms with Gasteiger partial charge in [0.1, 0.15) is 0 Å². The lowest BCUT2D eigenvalue weighted by atomic mass is 10.0. The molecule has 2 fully saturated rings. The number of ether oxygens (including phenoxy) is 2. The highest BCUT2D eigenvalue weighted by Gasteiger charge is 2.40. The third kappa shape index (κ3) is 2.19. The van der Waals surface area contributed by atoms with Gasteiger partial charge in [-0.05, 0) is 24.6 Å². The minimum atomic E-state index is -0.315. The van der Waals surface area contributed by atoms with E-state index in [1.165, 1.54) is 16.6 Å². The van der Waals surface area contributed by atoms with Gasteiger partial charge in [0.05, 0.1) is 24.4 Å². The lowest BCUT2D eigenvalue weighted by molar-refractivity contribution is -0.169. The quantitative estimate of drug-likeness (QED) is 0.806. The van der Waals surface area contributed by atoms with E-state index >= 15 is 0 Å². The van der Waals surface area contributed by atoms with E-state index < -0.39 is 0 Å². The van der Waals surface area contributed by atoms with Crippen molar-refractivity contribution in [3.63, 3.8) is 0 Å². The molecule has 0 bridgehead atoms. The molecule has 2 aromatic rings. The van der Waals surface area contributed by atoms with Crippen LogP contribution in [0, 0.1) is 6.92 Å². The van der Waals surface area contributed by atoms with Crippen molar-refractivity contribution >= 4 is 16.6 Å². The smallest absolute Gasteiger partial charge is 0.171 e. The summed E-state index contributed by atoms with van der Waals surface area (Å²) in [7, 11) is 0. The van der Waals surface area contributed by atoms with Crippen molar-refractivity contribution in [2.24, 2.45) is 0 Å². The number of rotatable bonds is 1. The van der Waals surface area contributed by atoms with Crippen molar-refractivity contribution in [1.29, 1.82) is 0 Å². The van der Waals surface area contributed by atoms with Crippen LogP contribution in [-0.2, 0) is 9.47 Å². The topological polar surface area (TPSA) is 34.6 Å². The normalized spacial score (nSPS) is 21.3. The van der Waals surface area contributed by atoms with Gasteiger partial charge in [0.2, 0.25) is 0 Å². The van der Waals surface area contributed by atoms with Gasteiger partial charge in [0.15, 0.2) is 5.79 Å². The van der Waals surface area contributed by atoms with Crippen molar-refractivity contribution in [1.82, 2.24) is 4.98 Å². The van der Waals surface area contributed by atoms with Gasteiger partial charge in [-0.1, -0.05) is 12.1 Å². The number of fused-ring (bicyclic) bond motifs is 1. The number of nitrogens with zero attached hydrogens (tertiary/aromatic N) is 2. The maximum atomic E-state index is 5.81. The third-order valence-corrected chi connectivity index (χ3v) is 4.65. The number of hydrogen-bond acceptors (Lipinski definition) is 4. The van der Waals surface area contributed by atoms with E-state index in [9.17, 15) is 0 Å². The summed E-state index contributed by atoms with van der Waals surface area (Å²) in [5.41, 5.74) is 3.60. The minimum absolute atomic E-state index is 0.315. The SMILES string of the molecule is Cc1ccnc2c(N3CCC4(CC3)OCCO4)cccc12. The van der Waals surface area contributed by atoms with E-state index in [1.807, 2.05) is 6.20 Å². The highest BCUT2D eigenvalue weighted by atomic mass is 16.7. The molecule has 1 spiro atoms. The minimum Gasteiger partial charge on any atom is -0.369 e. The molecule has 4 rings (SSSR count). The van der Waals surface area contributed by atoms with E-state index in [0.29, 0.717) is 0 Å². The molecule has 0 saturated carbocycles. The molecule has 0 unspecified atom stereocenters. The van der Waals surface area contributed by atoms with Crippen LogP contribution < -0.4 is 4.90 Å². The van der Waals surface area contributed by atoms with Crippen molar-refractivity contribution in [2.45, 2.75) is 25.6 Å². The molecule has 1 aromatic carbocycles. The van der Waals surface area contributed by atoms with Crippen LogP contribution in [0.5, 0.6) is 0 Å². The fraction of sp³-hybridized carbons (Fsp3) is 0.471. The number of aryl methyl sites for hydroxylation is 1. The maximum absolute atomic E-state index is 5.81. The van der Waals surface area contributed by atoms with E-state index in [0.717, 1.165) is 44.7 Å². The third-order valence-electron chi connectivity index (χ3n) is 4.65. The predicted molar refractivity (Wildman–Crippen MR) is 82.6 cm³/mol. The average molecular weight is 284 g/mol. The van der Waals surface area contributed by atoms with Crippen molar-refractivity contribution in [3.8, 4) is 0 Å². The zero-order valence-electron chi connectivity index (χ0n) is 12.3. The summed E-state index contributed by atoms with van der Waals surface area (Å²) in [6, 6.07) is 8.51. The molecule has 0 atom stereocenters. The van der Waals surface area contributed by atoms with Gasteiger partial charge < -0.3 is 14.4 Å². The zero-order chi connectivity index (χ0) is 14.3. The van der Waals surface area contributed by atoms with Crippen LogP contribution in [0.15, 0.2) is 30.5 Å². The van der Waals surface area contributed by atoms with Crippen molar-refractivity contribution < 1.29 is 9.47 Å². The first-order chi connectivity index (χ1) is 10.3. The summed E-state index contributed by atoms with van der Waals surface area (Å²) >= 11 is 0. The van der Waals surface area contributed by atoms with Crippen LogP contribution in [0.2, 0.25) is 0 Å². The number of benzene rings is 1. The summed E-state index contributed by atoms with van der Waals surface area (Å²) in [5.74, 6) is -0.315. The molecule has 1 aromatic heterocycles. The number of pyridine rings is 1. The van der Waals surface area contributed by atoms with Crippen LogP contribution in [0.1, 0.15) is 18.4 Å². The highest BCUT2D eigenvalue weighted by Crippen LogP contribution is 2.35. The molecular formula is C17H20N2O2. The number of aromatic nitrogens is 1. The van der Waals surface area contributed by atoms with Crippen LogP contribution in [0.25, 0.3) is 10.9 Å². The van der Waals surface area contributed by atoms with Crippen LogP contribution in [0.3, 0.4) is 0 Å². The van der Waals surface area contributed by atoms with Gasteiger partial charge in [-0.3, -0.25) is 4.98 Å². The summed E-state index contributed by atoms with van der Waals surface area (Å²) < 4.78 is 11.6. The van der Waals surface area contributed by atoms with Crippen LogP contribution in [-0.4, -0.2) is 37.1 Å². The molecule has 0 aliphatic carbocycles. The van der Waals surface area contributed by atoms with Gasteiger partial charge in [-0.25, -0.2) is 0 Å². The van der Waals surface area contributed by atoms with Crippen LogP contribution in [0.4, 0.5) is 5.69 Å². The molecule has 110 valence electrons. The lowest BCUT2D eigenvalue weighted by Gasteiger charge is -2.38. The van der Waals surface area contributed by atoms with Gasteiger partial charge in [-0.2, -0.15) is 0 Å². The molecule has 2 saturated heterocycles. The first-order valence-electron chi connectivity index (χ1n) is 7.65. The summed E-state index contributed by atoms with van der Waals surface area (Å²) in [6.07, 6.45) is 3.75. The van der Waals surface area contributed by atoms with Gasteiger partial charge in [-0.15, -0.1) is 0 Å². The molecule has 4 nitrogen and oxygen atoms in total. The molecule has 21 heavy (non-hydrogen) atoms. The number of para-hydroxylation sites is 1. The Hall–Kier alpha value is -1.65. The lowest BCUT2D eigenvalue weighted by Crippen LogP contribution is -2.45. The van der Waals surface area contributed by atoms with Gasteiger partial charge >= 0.3 is 0 Å². The number of hydrogen-bond donors (Lipinski definition) is 0. The standard InChI is InChI=1S/C17H20N2O2/c1-13-5-8-18-16-14(13)3-2-4-15(16)19-9-6-17(7-10-19)20-11-12-21-17/h2-5,8H,6-7,9-12H2,1H3. The molecule has 4 heteroatoms. The predicted octanol–water partition coefficient (Wildman–Crippen LogP) is 2.89. The molecule has 0 amide bonds. The fourth-order valence-electron chi connectivity index (χ4n) is 3.43. The Kier molecular flexibility index (Phi) is 3.08. The first-order valence-corrected chi connectivity index (χ1v) is 7.65. The largest absolute Gasteiger partial charge is 0.369 e. The molecule has 0 radical (unpaired) electrons. The molecular weight excluding hydrogens is 264 g/mol.